The number of ether oxygens (including phenoxy) is 1. The zero-order valence-corrected chi connectivity index (χ0v) is 24.9. The number of primary amides is 1. The van der Waals surface area contributed by atoms with E-state index in [1.54, 1.807) is 25.7 Å². The lowest BCUT2D eigenvalue weighted by Gasteiger charge is -2.35. The van der Waals surface area contributed by atoms with E-state index in [4.69, 9.17) is 10.5 Å². The van der Waals surface area contributed by atoms with Gasteiger partial charge in [-0.05, 0) is 93.5 Å². The highest BCUT2D eigenvalue weighted by atomic mass is 16.6. The average Bonchev–Trinajstić information content (AvgIpc) is 3.75. The van der Waals surface area contributed by atoms with Crippen LogP contribution in [-0.2, 0) is 19.1 Å². The van der Waals surface area contributed by atoms with Crippen LogP contribution in [0, 0.1) is 13.8 Å². The summed E-state index contributed by atoms with van der Waals surface area (Å²) < 4.78 is 5.41. The predicted molar refractivity (Wildman–Crippen MR) is 163 cm³/mol. The molecule has 1 fully saturated rings. The Morgan fingerprint density at radius 1 is 0.976 bits per heavy atom. The van der Waals surface area contributed by atoms with Crippen LogP contribution in [0.3, 0.4) is 0 Å². The molecule has 222 valence electrons. The number of hydrogen-bond donors (Lipinski definition) is 3. The molecule has 42 heavy (non-hydrogen) atoms. The Labute approximate surface area is 246 Å². The van der Waals surface area contributed by atoms with E-state index in [9.17, 15) is 19.2 Å². The number of rotatable bonds is 10. The van der Waals surface area contributed by atoms with E-state index in [2.05, 4.69) is 10.6 Å². The van der Waals surface area contributed by atoms with Crippen molar-refractivity contribution in [2.75, 3.05) is 5.32 Å². The summed E-state index contributed by atoms with van der Waals surface area (Å²) in [5.41, 5.74) is 7.79. The molecule has 0 aromatic heterocycles. The van der Waals surface area contributed by atoms with Gasteiger partial charge in [-0.1, -0.05) is 48.5 Å². The molecule has 3 aromatic carbocycles. The molecule has 1 saturated carbocycles. The largest absolute Gasteiger partial charge is 0.444 e. The first kappa shape index (κ1) is 30.6. The van der Waals surface area contributed by atoms with Gasteiger partial charge in [0.15, 0.2) is 0 Å². The summed E-state index contributed by atoms with van der Waals surface area (Å²) in [6.45, 7) is 9.05. The van der Waals surface area contributed by atoms with Crippen LogP contribution in [0.1, 0.15) is 69.2 Å². The van der Waals surface area contributed by atoms with Crippen molar-refractivity contribution < 1.29 is 23.9 Å². The van der Waals surface area contributed by atoms with Crippen LogP contribution in [0.25, 0.3) is 10.8 Å². The lowest BCUT2D eigenvalue weighted by Crippen LogP contribution is -2.53. The number of fused-ring (bicyclic) bond motifs is 1. The standard InChI is InChI=1S/C33H40N4O5/c1-20-9-8-12-26(21(20)2)29(30(39)35-24-14-13-22-10-6-7-11-23(22)19-24)37(25-15-16-25)31(40)27(17-18-28(34)38)36-32(41)42-33(3,4)5/h6-14,19,25,27,29H,15-18H2,1-5H3,(H2,34,38)(H,35,39)(H,36,41). The number of alkyl carbamates (subject to hydrolysis) is 1. The third-order valence-electron chi connectivity index (χ3n) is 7.35. The Morgan fingerprint density at radius 3 is 2.31 bits per heavy atom. The maximum Gasteiger partial charge on any atom is 0.408 e. The van der Waals surface area contributed by atoms with Gasteiger partial charge in [0.25, 0.3) is 5.91 Å². The number of anilines is 1. The fourth-order valence-electron chi connectivity index (χ4n) is 5.01. The van der Waals surface area contributed by atoms with Crippen molar-refractivity contribution in [3.8, 4) is 0 Å². The summed E-state index contributed by atoms with van der Waals surface area (Å²) in [5.74, 6) is -1.44. The number of benzene rings is 3. The minimum atomic E-state index is -1.12. The second-order valence-corrected chi connectivity index (χ2v) is 11.9. The maximum absolute atomic E-state index is 14.3. The molecule has 9 nitrogen and oxygen atoms in total. The maximum atomic E-state index is 14.3. The van der Waals surface area contributed by atoms with E-state index < -0.39 is 35.6 Å². The predicted octanol–water partition coefficient (Wildman–Crippen LogP) is 5.29. The molecule has 0 saturated heterocycles. The molecule has 1 aliphatic carbocycles. The van der Waals surface area contributed by atoms with Crippen molar-refractivity contribution in [3.05, 3.63) is 77.4 Å². The molecule has 4 amide bonds. The van der Waals surface area contributed by atoms with Gasteiger partial charge in [-0.25, -0.2) is 4.79 Å². The molecule has 9 heteroatoms. The first-order valence-electron chi connectivity index (χ1n) is 14.3. The quantitative estimate of drug-likeness (QED) is 0.304. The number of carbonyl (C=O) groups is 4. The van der Waals surface area contributed by atoms with Crippen LogP contribution in [0.2, 0.25) is 0 Å². The topological polar surface area (TPSA) is 131 Å². The molecular weight excluding hydrogens is 532 g/mol. The van der Waals surface area contributed by atoms with Gasteiger partial charge in [0.1, 0.15) is 17.7 Å². The summed E-state index contributed by atoms with van der Waals surface area (Å²) in [6.07, 6.45) is 0.492. The normalized spacial score (nSPS) is 14.5. The highest BCUT2D eigenvalue weighted by Crippen LogP contribution is 2.38. The minimum absolute atomic E-state index is 0.0254. The summed E-state index contributed by atoms with van der Waals surface area (Å²) in [4.78, 5) is 54.5. The highest BCUT2D eigenvalue weighted by Gasteiger charge is 2.44. The third-order valence-corrected chi connectivity index (χ3v) is 7.35. The molecule has 0 spiro atoms. The number of nitrogens with zero attached hydrogens (tertiary/aromatic N) is 1. The van der Waals surface area contributed by atoms with Crippen LogP contribution >= 0.6 is 0 Å². The summed E-state index contributed by atoms with van der Waals surface area (Å²) in [5, 5.41) is 7.70. The van der Waals surface area contributed by atoms with E-state index in [-0.39, 0.29) is 24.8 Å². The van der Waals surface area contributed by atoms with Gasteiger partial charge in [0.2, 0.25) is 11.8 Å². The van der Waals surface area contributed by atoms with Crippen LogP contribution in [-0.4, -0.2) is 46.4 Å². The number of nitrogens with one attached hydrogen (secondary N) is 2. The van der Waals surface area contributed by atoms with Crippen LogP contribution in [0.4, 0.5) is 10.5 Å². The van der Waals surface area contributed by atoms with Crippen LogP contribution in [0.15, 0.2) is 60.7 Å². The van der Waals surface area contributed by atoms with Crippen LogP contribution in [0.5, 0.6) is 0 Å². The molecule has 0 radical (unpaired) electrons. The SMILES string of the molecule is Cc1cccc(C(C(=O)Nc2ccc3ccccc3c2)N(C(=O)C(CCC(N)=O)NC(=O)OC(C)(C)C)C2CC2)c1C. The van der Waals surface area contributed by atoms with Gasteiger partial charge >= 0.3 is 6.09 Å². The van der Waals surface area contributed by atoms with Crippen molar-refractivity contribution in [3.63, 3.8) is 0 Å². The van der Waals surface area contributed by atoms with Crippen molar-refractivity contribution in [2.45, 2.75) is 84.0 Å². The zero-order valence-electron chi connectivity index (χ0n) is 24.9. The first-order valence-corrected chi connectivity index (χ1v) is 14.3. The van der Waals surface area contributed by atoms with E-state index in [1.165, 1.54) is 0 Å². The Balaban J connectivity index is 1.73. The summed E-state index contributed by atoms with van der Waals surface area (Å²) in [6, 6.07) is 16.9. The van der Waals surface area contributed by atoms with Gasteiger partial charge < -0.3 is 26.0 Å². The second-order valence-electron chi connectivity index (χ2n) is 11.9. The molecule has 2 unspecified atom stereocenters. The summed E-state index contributed by atoms with van der Waals surface area (Å²) in [7, 11) is 0. The highest BCUT2D eigenvalue weighted by molar-refractivity contribution is 6.01. The lowest BCUT2D eigenvalue weighted by molar-refractivity contribution is -0.141. The van der Waals surface area contributed by atoms with Gasteiger partial charge in [0.05, 0.1) is 0 Å². The minimum Gasteiger partial charge on any atom is -0.444 e. The number of aryl methyl sites for hydroxylation is 1. The van der Waals surface area contributed by atoms with Crippen LogP contribution < -0.4 is 16.4 Å². The van der Waals surface area contributed by atoms with E-state index >= 15 is 0 Å². The molecule has 2 atom stereocenters. The fraction of sp³-hybridized carbons (Fsp3) is 0.394. The average molecular weight is 573 g/mol. The number of carbonyl (C=O) groups excluding carboxylic acids is 4. The zero-order chi connectivity index (χ0) is 30.6. The smallest absolute Gasteiger partial charge is 0.408 e. The molecule has 3 aromatic rings. The molecular formula is C33H40N4O5. The van der Waals surface area contributed by atoms with E-state index in [1.807, 2.05) is 74.5 Å². The van der Waals surface area contributed by atoms with E-state index in [0.717, 1.165) is 21.9 Å². The molecule has 0 heterocycles. The monoisotopic (exact) mass is 572 g/mol. The van der Waals surface area contributed by atoms with Crippen molar-refractivity contribution in [1.29, 1.82) is 0 Å². The Hall–Kier alpha value is -4.40. The molecule has 0 bridgehead atoms. The van der Waals surface area contributed by atoms with E-state index in [0.29, 0.717) is 24.1 Å². The first-order chi connectivity index (χ1) is 19.8. The Morgan fingerprint density at radius 2 is 1.67 bits per heavy atom. The third kappa shape index (κ3) is 7.66. The molecule has 4 rings (SSSR count). The van der Waals surface area contributed by atoms with Gasteiger partial charge in [-0.2, -0.15) is 0 Å². The number of hydrogen-bond acceptors (Lipinski definition) is 5. The molecule has 0 aliphatic heterocycles. The van der Waals surface area contributed by atoms with Crippen molar-refractivity contribution >= 4 is 40.3 Å². The number of nitrogens with two attached hydrogens (primary N) is 1. The van der Waals surface area contributed by atoms with Gasteiger partial charge in [-0.15, -0.1) is 0 Å². The van der Waals surface area contributed by atoms with Crippen molar-refractivity contribution in [1.82, 2.24) is 10.2 Å². The number of amides is 4. The van der Waals surface area contributed by atoms with Gasteiger partial charge in [0, 0.05) is 18.2 Å². The van der Waals surface area contributed by atoms with Crippen molar-refractivity contribution in [2.24, 2.45) is 5.73 Å². The molecule has 1 aliphatic rings. The second kappa shape index (κ2) is 12.6. The Kier molecular flexibility index (Phi) is 9.19. The fourth-order valence-corrected chi connectivity index (χ4v) is 5.01. The Bertz CT molecular complexity index is 1490. The summed E-state index contributed by atoms with van der Waals surface area (Å²) >= 11 is 0. The van der Waals surface area contributed by atoms with Gasteiger partial charge in [-0.3, -0.25) is 14.4 Å². The lowest BCUT2D eigenvalue weighted by atomic mass is 9.94. The molecule has 4 N–H and O–H groups in total.